The highest BCUT2D eigenvalue weighted by Crippen LogP contribution is 2.24. The lowest BCUT2D eigenvalue weighted by Gasteiger charge is -2.14. The summed E-state index contributed by atoms with van der Waals surface area (Å²) in [6.07, 6.45) is 0.266. The maximum atomic E-state index is 11.5. The van der Waals surface area contributed by atoms with Crippen molar-refractivity contribution >= 4 is 5.97 Å². The molecule has 116 valence electrons. The number of aryl methyl sites for hydroxylation is 3. The molecule has 0 heterocycles. The Balaban J connectivity index is 2.15. The molecule has 2 aromatic rings. The molecule has 0 radical (unpaired) electrons. The van der Waals surface area contributed by atoms with E-state index >= 15 is 0 Å². The van der Waals surface area contributed by atoms with Crippen LogP contribution in [0.5, 0.6) is 5.75 Å². The number of hydrogen-bond donors (Lipinski definition) is 0. The van der Waals surface area contributed by atoms with E-state index in [0.29, 0.717) is 6.61 Å². The molecule has 0 aliphatic carbocycles. The van der Waals surface area contributed by atoms with E-state index in [4.69, 9.17) is 9.47 Å². The third-order valence-corrected chi connectivity index (χ3v) is 3.86. The van der Waals surface area contributed by atoms with Crippen molar-refractivity contribution in [3.8, 4) is 5.75 Å². The van der Waals surface area contributed by atoms with E-state index in [1.165, 1.54) is 18.2 Å². The van der Waals surface area contributed by atoms with Gasteiger partial charge in [-0.05, 0) is 54.7 Å². The zero-order valence-corrected chi connectivity index (χ0v) is 13.6. The summed E-state index contributed by atoms with van der Waals surface area (Å²) >= 11 is 0. The Morgan fingerprint density at radius 3 is 2.27 bits per heavy atom. The average Bonchev–Trinajstić information content (AvgIpc) is 2.50. The van der Waals surface area contributed by atoms with Gasteiger partial charge in [0.2, 0.25) is 0 Å². The van der Waals surface area contributed by atoms with Crippen molar-refractivity contribution < 1.29 is 14.3 Å². The minimum Gasteiger partial charge on any atom is -0.489 e. The van der Waals surface area contributed by atoms with Gasteiger partial charge in [0, 0.05) is 0 Å². The molecule has 2 rings (SSSR count). The molecule has 0 saturated heterocycles. The second kappa shape index (κ2) is 7.12. The smallest absolute Gasteiger partial charge is 0.309 e. The van der Waals surface area contributed by atoms with Gasteiger partial charge in [0.1, 0.15) is 12.4 Å². The predicted molar refractivity (Wildman–Crippen MR) is 87.1 cm³/mol. The molecule has 2 aromatic carbocycles. The second-order valence-electron chi connectivity index (χ2n) is 5.51. The predicted octanol–water partition coefficient (Wildman–Crippen LogP) is 3.91. The van der Waals surface area contributed by atoms with Crippen LogP contribution in [0.25, 0.3) is 0 Å². The minimum absolute atomic E-state index is 0.241. The first kappa shape index (κ1) is 16.1. The van der Waals surface area contributed by atoms with Crippen LogP contribution in [0.4, 0.5) is 0 Å². The van der Waals surface area contributed by atoms with Crippen molar-refractivity contribution in [2.24, 2.45) is 0 Å². The van der Waals surface area contributed by atoms with Gasteiger partial charge in [-0.15, -0.1) is 0 Å². The molecule has 0 spiro atoms. The van der Waals surface area contributed by atoms with Crippen molar-refractivity contribution in [3.05, 3.63) is 64.2 Å². The number of hydrogen-bond acceptors (Lipinski definition) is 3. The molecule has 3 nitrogen and oxygen atoms in total. The number of methoxy groups -OCH3 is 1. The van der Waals surface area contributed by atoms with Gasteiger partial charge in [-0.25, -0.2) is 0 Å². The van der Waals surface area contributed by atoms with Crippen molar-refractivity contribution in [1.29, 1.82) is 0 Å². The standard InChI is InChI=1S/C19H22O3/c1-13-9-15(3)18(10-14(13)2)22-12-17-8-6-5-7-16(17)11-19(20)21-4/h5-10H,11-12H2,1-4H3. The fraction of sp³-hybridized carbons (Fsp3) is 0.316. The molecule has 0 fully saturated rings. The van der Waals surface area contributed by atoms with Crippen LogP contribution in [0.1, 0.15) is 27.8 Å². The number of carbonyl (C=O) groups is 1. The molecular weight excluding hydrogens is 276 g/mol. The van der Waals surface area contributed by atoms with E-state index in [0.717, 1.165) is 22.4 Å². The van der Waals surface area contributed by atoms with Gasteiger partial charge in [-0.1, -0.05) is 30.3 Å². The average molecular weight is 298 g/mol. The quantitative estimate of drug-likeness (QED) is 0.785. The van der Waals surface area contributed by atoms with E-state index in [9.17, 15) is 4.79 Å². The highest BCUT2D eigenvalue weighted by Gasteiger charge is 2.09. The van der Waals surface area contributed by atoms with Crippen molar-refractivity contribution in [2.45, 2.75) is 33.8 Å². The maximum absolute atomic E-state index is 11.5. The number of carbonyl (C=O) groups excluding carboxylic acids is 1. The molecule has 0 aliphatic rings. The van der Waals surface area contributed by atoms with Crippen LogP contribution in [0.2, 0.25) is 0 Å². The van der Waals surface area contributed by atoms with Crippen molar-refractivity contribution in [2.75, 3.05) is 7.11 Å². The summed E-state index contributed by atoms with van der Waals surface area (Å²) in [4.78, 5) is 11.5. The summed E-state index contributed by atoms with van der Waals surface area (Å²) in [5.74, 6) is 0.644. The Labute approximate surface area is 131 Å². The highest BCUT2D eigenvalue weighted by molar-refractivity contribution is 5.72. The third kappa shape index (κ3) is 3.88. The monoisotopic (exact) mass is 298 g/mol. The molecule has 22 heavy (non-hydrogen) atoms. The first-order chi connectivity index (χ1) is 10.5. The summed E-state index contributed by atoms with van der Waals surface area (Å²) in [5, 5.41) is 0. The van der Waals surface area contributed by atoms with E-state index in [-0.39, 0.29) is 12.4 Å². The van der Waals surface area contributed by atoms with E-state index < -0.39 is 0 Å². The fourth-order valence-electron chi connectivity index (χ4n) is 2.34. The summed E-state index contributed by atoms with van der Waals surface area (Å²) in [6.45, 7) is 6.66. The zero-order chi connectivity index (χ0) is 16.1. The van der Waals surface area contributed by atoms with Crippen molar-refractivity contribution in [3.63, 3.8) is 0 Å². The van der Waals surface area contributed by atoms with Crippen LogP contribution in [0.3, 0.4) is 0 Å². The van der Waals surface area contributed by atoms with E-state index in [2.05, 4.69) is 26.0 Å². The Bertz CT molecular complexity index is 674. The first-order valence-corrected chi connectivity index (χ1v) is 7.35. The zero-order valence-electron chi connectivity index (χ0n) is 13.6. The lowest BCUT2D eigenvalue weighted by atomic mass is 10.0. The van der Waals surface area contributed by atoms with Crippen LogP contribution < -0.4 is 4.74 Å². The van der Waals surface area contributed by atoms with Crippen LogP contribution in [0.15, 0.2) is 36.4 Å². The lowest BCUT2D eigenvalue weighted by Crippen LogP contribution is -2.08. The van der Waals surface area contributed by atoms with Gasteiger partial charge in [0.05, 0.1) is 13.5 Å². The fourth-order valence-corrected chi connectivity index (χ4v) is 2.34. The molecule has 0 saturated carbocycles. The SMILES string of the molecule is COC(=O)Cc1ccccc1COc1cc(C)c(C)cc1C. The van der Waals surface area contributed by atoms with Crippen LogP contribution in [0, 0.1) is 20.8 Å². The molecule has 0 unspecified atom stereocenters. The largest absolute Gasteiger partial charge is 0.489 e. The molecule has 0 N–H and O–H groups in total. The Kier molecular flexibility index (Phi) is 5.21. The maximum Gasteiger partial charge on any atom is 0.309 e. The van der Waals surface area contributed by atoms with Crippen molar-refractivity contribution in [1.82, 2.24) is 0 Å². The molecular formula is C19H22O3. The van der Waals surface area contributed by atoms with E-state index in [1.54, 1.807) is 0 Å². The Morgan fingerprint density at radius 2 is 1.59 bits per heavy atom. The summed E-state index contributed by atoms with van der Waals surface area (Å²) < 4.78 is 10.7. The molecule has 3 heteroatoms. The minimum atomic E-state index is -0.241. The molecule has 0 aliphatic heterocycles. The molecule has 0 aromatic heterocycles. The molecule has 0 amide bonds. The van der Waals surface area contributed by atoms with Crippen LogP contribution in [-0.2, 0) is 22.6 Å². The number of ether oxygens (including phenoxy) is 2. The van der Waals surface area contributed by atoms with Gasteiger partial charge in [-0.2, -0.15) is 0 Å². The Hall–Kier alpha value is -2.29. The number of esters is 1. The third-order valence-electron chi connectivity index (χ3n) is 3.86. The van der Waals surface area contributed by atoms with Gasteiger partial charge in [-0.3, -0.25) is 4.79 Å². The highest BCUT2D eigenvalue weighted by atomic mass is 16.5. The summed E-state index contributed by atoms with van der Waals surface area (Å²) in [5.41, 5.74) is 5.54. The topological polar surface area (TPSA) is 35.5 Å². The van der Waals surface area contributed by atoms with E-state index in [1.807, 2.05) is 31.2 Å². The van der Waals surface area contributed by atoms with Gasteiger partial charge < -0.3 is 9.47 Å². The first-order valence-electron chi connectivity index (χ1n) is 7.35. The summed E-state index contributed by atoms with van der Waals surface area (Å²) in [6, 6.07) is 12.0. The number of benzene rings is 2. The molecule has 0 bridgehead atoms. The van der Waals surface area contributed by atoms with Gasteiger partial charge in [0.15, 0.2) is 0 Å². The second-order valence-corrected chi connectivity index (χ2v) is 5.51. The normalized spacial score (nSPS) is 10.4. The van der Waals surface area contributed by atoms with Crippen LogP contribution in [-0.4, -0.2) is 13.1 Å². The van der Waals surface area contributed by atoms with Gasteiger partial charge >= 0.3 is 5.97 Å². The number of rotatable bonds is 5. The molecule has 0 atom stereocenters. The van der Waals surface area contributed by atoms with Crippen LogP contribution >= 0.6 is 0 Å². The van der Waals surface area contributed by atoms with Gasteiger partial charge in [0.25, 0.3) is 0 Å². The Morgan fingerprint density at radius 1 is 0.955 bits per heavy atom. The lowest BCUT2D eigenvalue weighted by molar-refractivity contribution is -0.139. The summed E-state index contributed by atoms with van der Waals surface area (Å²) in [7, 11) is 1.40.